The Morgan fingerprint density at radius 2 is 2.00 bits per heavy atom. The van der Waals surface area contributed by atoms with Crippen molar-refractivity contribution < 1.29 is 12.9 Å². The molecule has 2 aromatic heterocycles. The van der Waals surface area contributed by atoms with E-state index in [1.54, 1.807) is 19.2 Å². The van der Waals surface area contributed by atoms with E-state index in [9.17, 15) is 8.42 Å². The lowest BCUT2D eigenvalue weighted by molar-refractivity contribution is 0.380. The summed E-state index contributed by atoms with van der Waals surface area (Å²) in [7, 11) is -1.79. The molecule has 8 nitrogen and oxygen atoms in total. The van der Waals surface area contributed by atoms with Crippen molar-refractivity contribution in [3.63, 3.8) is 0 Å². The van der Waals surface area contributed by atoms with Crippen LogP contribution in [0.4, 0.5) is 0 Å². The van der Waals surface area contributed by atoms with Gasteiger partial charge in [0.15, 0.2) is 5.96 Å². The van der Waals surface area contributed by atoms with Crippen LogP contribution in [0.25, 0.3) is 0 Å². The molecule has 0 bridgehead atoms. The van der Waals surface area contributed by atoms with E-state index in [0.717, 1.165) is 34.7 Å². The SMILES string of the molecule is CCc1noc(CC)c1CNC(=NC)NCCNS(=O)(=O)c1ccc(C)s1. The van der Waals surface area contributed by atoms with Gasteiger partial charge in [0.05, 0.1) is 5.69 Å². The van der Waals surface area contributed by atoms with Crippen LogP contribution in [-0.4, -0.2) is 39.7 Å². The van der Waals surface area contributed by atoms with Gasteiger partial charge in [-0.15, -0.1) is 11.3 Å². The zero-order valence-electron chi connectivity index (χ0n) is 16.1. The van der Waals surface area contributed by atoms with Crippen molar-refractivity contribution in [2.24, 2.45) is 4.99 Å². The normalized spacial score (nSPS) is 12.4. The van der Waals surface area contributed by atoms with Crippen LogP contribution in [-0.2, 0) is 29.4 Å². The van der Waals surface area contributed by atoms with Crippen molar-refractivity contribution in [3.05, 3.63) is 34.0 Å². The molecular formula is C17H27N5O3S2. The lowest BCUT2D eigenvalue weighted by Gasteiger charge is -2.12. The highest BCUT2D eigenvalue weighted by atomic mass is 32.2. The molecule has 0 spiro atoms. The Balaban J connectivity index is 1.82. The van der Waals surface area contributed by atoms with E-state index in [-0.39, 0.29) is 6.54 Å². The third kappa shape index (κ3) is 5.78. The van der Waals surface area contributed by atoms with E-state index in [0.29, 0.717) is 23.3 Å². The molecule has 0 radical (unpaired) electrons. The van der Waals surface area contributed by atoms with Crippen LogP contribution in [0.3, 0.4) is 0 Å². The molecule has 2 aromatic rings. The van der Waals surface area contributed by atoms with Crippen molar-refractivity contribution in [1.82, 2.24) is 20.5 Å². The zero-order valence-corrected chi connectivity index (χ0v) is 17.8. The zero-order chi connectivity index (χ0) is 19.9. The molecule has 0 aliphatic rings. The van der Waals surface area contributed by atoms with Gasteiger partial charge >= 0.3 is 0 Å². The Hall–Kier alpha value is -1.91. The predicted octanol–water partition coefficient (Wildman–Crippen LogP) is 1.81. The number of guanidine groups is 1. The lowest BCUT2D eigenvalue weighted by atomic mass is 10.1. The molecule has 0 aromatic carbocycles. The maximum absolute atomic E-state index is 12.2. The van der Waals surface area contributed by atoms with Crippen molar-refractivity contribution in [2.75, 3.05) is 20.1 Å². The molecule has 0 amide bonds. The van der Waals surface area contributed by atoms with E-state index in [1.165, 1.54) is 11.3 Å². The maximum Gasteiger partial charge on any atom is 0.250 e. The second-order valence-corrected chi connectivity index (χ2v) is 9.14. The number of aromatic nitrogens is 1. The summed E-state index contributed by atoms with van der Waals surface area (Å²) in [6.45, 7) is 7.16. The highest BCUT2D eigenvalue weighted by Crippen LogP contribution is 2.20. The molecule has 10 heteroatoms. The summed E-state index contributed by atoms with van der Waals surface area (Å²) in [4.78, 5) is 5.12. The van der Waals surface area contributed by atoms with Gasteiger partial charge in [-0.25, -0.2) is 13.1 Å². The first-order valence-electron chi connectivity index (χ1n) is 8.88. The van der Waals surface area contributed by atoms with E-state index in [2.05, 4.69) is 25.5 Å². The number of hydrogen-bond acceptors (Lipinski definition) is 6. The van der Waals surface area contributed by atoms with Gasteiger partial charge in [-0.2, -0.15) is 0 Å². The van der Waals surface area contributed by atoms with Gasteiger partial charge in [0, 0.05) is 43.5 Å². The van der Waals surface area contributed by atoms with E-state index < -0.39 is 10.0 Å². The van der Waals surface area contributed by atoms with Crippen LogP contribution in [0, 0.1) is 6.92 Å². The number of sulfonamides is 1. The van der Waals surface area contributed by atoms with Crippen molar-refractivity contribution >= 4 is 27.3 Å². The minimum atomic E-state index is -3.46. The molecule has 0 saturated carbocycles. The van der Waals surface area contributed by atoms with Crippen LogP contribution in [0.1, 0.15) is 35.7 Å². The number of hydrogen-bond donors (Lipinski definition) is 3. The number of aryl methyl sites for hydroxylation is 3. The standard InChI is InChI=1S/C17H27N5O3S2/c1-5-14-13(15(6-2)25-22-14)11-20-17(18-4)19-9-10-21-27(23,24)16-8-7-12(3)26-16/h7-8,21H,5-6,9-11H2,1-4H3,(H2,18,19,20). The summed E-state index contributed by atoms with van der Waals surface area (Å²) >= 11 is 1.26. The van der Waals surface area contributed by atoms with Gasteiger partial charge in [0.1, 0.15) is 9.97 Å². The van der Waals surface area contributed by atoms with Crippen LogP contribution in [0.5, 0.6) is 0 Å². The quantitative estimate of drug-likeness (QED) is 0.329. The Morgan fingerprint density at radius 1 is 1.22 bits per heavy atom. The second-order valence-electron chi connectivity index (χ2n) is 5.85. The average Bonchev–Trinajstić information content (AvgIpc) is 3.27. The van der Waals surface area contributed by atoms with Crippen LogP contribution < -0.4 is 15.4 Å². The highest BCUT2D eigenvalue weighted by Gasteiger charge is 2.16. The maximum atomic E-state index is 12.2. The molecule has 0 atom stereocenters. The van der Waals surface area contributed by atoms with Gasteiger partial charge in [-0.3, -0.25) is 4.99 Å². The van der Waals surface area contributed by atoms with E-state index in [4.69, 9.17) is 4.52 Å². The molecular weight excluding hydrogens is 386 g/mol. The summed E-state index contributed by atoms with van der Waals surface area (Å²) in [6, 6.07) is 3.41. The number of rotatable bonds is 9. The van der Waals surface area contributed by atoms with E-state index in [1.807, 2.05) is 20.8 Å². The van der Waals surface area contributed by atoms with E-state index >= 15 is 0 Å². The predicted molar refractivity (Wildman–Crippen MR) is 108 cm³/mol. The van der Waals surface area contributed by atoms with Crippen LogP contribution in [0.2, 0.25) is 0 Å². The topological polar surface area (TPSA) is 109 Å². The van der Waals surface area contributed by atoms with Gasteiger partial charge < -0.3 is 15.2 Å². The fourth-order valence-corrected chi connectivity index (χ4v) is 4.88. The molecule has 2 heterocycles. The first-order valence-corrected chi connectivity index (χ1v) is 11.2. The first-order chi connectivity index (χ1) is 12.9. The van der Waals surface area contributed by atoms with Crippen molar-refractivity contribution in [2.45, 2.75) is 44.4 Å². The molecule has 3 N–H and O–H groups in total. The number of nitrogens with zero attached hydrogens (tertiary/aromatic N) is 2. The Labute approximate surface area is 164 Å². The molecule has 0 fully saturated rings. The molecule has 0 saturated heterocycles. The molecule has 27 heavy (non-hydrogen) atoms. The number of nitrogens with one attached hydrogen (secondary N) is 3. The Kier molecular flexibility index (Phi) is 7.81. The molecule has 0 aliphatic heterocycles. The summed E-state index contributed by atoms with van der Waals surface area (Å²) in [6.07, 6.45) is 1.58. The first kappa shape index (κ1) is 21.4. The van der Waals surface area contributed by atoms with Crippen LogP contribution >= 0.6 is 11.3 Å². The van der Waals surface area contributed by atoms with Crippen LogP contribution in [0.15, 0.2) is 25.9 Å². The Bertz CT molecular complexity index is 850. The summed E-state index contributed by atoms with van der Waals surface area (Å²) < 4.78 is 32.7. The Morgan fingerprint density at radius 3 is 2.59 bits per heavy atom. The average molecular weight is 414 g/mol. The summed E-state index contributed by atoms with van der Waals surface area (Å²) in [5, 5.41) is 10.4. The summed E-state index contributed by atoms with van der Waals surface area (Å²) in [5.41, 5.74) is 1.99. The van der Waals surface area contributed by atoms with Gasteiger partial charge in [0.2, 0.25) is 10.0 Å². The molecule has 0 unspecified atom stereocenters. The molecule has 0 aliphatic carbocycles. The number of thiophene rings is 1. The second kappa shape index (κ2) is 9.86. The van der Waals surface area contributed by atoms with Gasteiger partial charge in [-0.05, 0) is 25.5 Å². The minimum Gasteiger partial charge on any atom is -0.361 e. The van der Waals surface area contributed by atoms with Gasteiger partial charge in [-0.1, -0.05) is 19.0 Å². The number of aliphatic imine (C=N–C) groups is 1. The third-order valence-corrected chi connectivity index (χ3v) is 6.91. The molecule has 150 valence electrons. The fourth-order valence-electron chi connectivity index (χ4n) is 2.52. The smallest absolute Gasteiger partial charge is 0.250 e. The van der Waals surface area contributed by atoms with Gasteiger partial charge in [0.25, 0.3) is 0 Å². The van der Waals surface area contributed by atoms with Crippen molar-refractivity contribution in [3.8, 4) is 0 Å². The van der Waals surface area contributed by atoms with Crippen molar-refractivity contribution in [1.29, 1.82) is 0 Å². The highest BCUT2D eigenvalue weighted by molar-refractivity contribution is 7.91. The minimum absolute atomic E-state index is 0.258. The monoisotopic (exact) mass is 413 g/mol. The molecule has 2 rings (SSSR count). The third-order valence-electron chi connectivity index (χ3n) is 3.95. The summed E-state index contributed by atoms with van der Waals surface area (Å²) in [5.74, 6) is 1.46. The fraction of sp³-hybridized carbons (Fsp3) is 0.529. The largest absolute Gasteiger partial charge is 0.361 e. The lowest BCUT2D eigenvalue weighted by Crippen LogP contribution is -2.41.